The minimum absolute atomic E-state index is 0.163. The number of esters is 1. The van der Waals surface area contributed by atoms with Gasteiger partial charge in [-0.25, -0.2) is 0 Å². The standard InChI is InChI=1S/C21H26Cl2N4O10/c1-10(19(31)25-11(2)21(33)34)24-15(28)7-8-16(29)37-9-14(26-20(32)18(22)23)17(30)12-3-5-13(6-4-12)27(35)36/h3-6,10-11,14,17-18,30H,7-9H2,1-2H3,(H,24,28)(H,25,31)(H,26,32)(H,33,34)/t10-,11-,14-,17-/m1/s1. The first-order valence-corrected chi connectivity index (χ1v) is 11.6. The van der Waals surface area contributed by atoms with Gasteiger partial charge in [-0.15, -0.1) is 0 Å². The van der Waals surface area contributed by atoms with Crippen LogP contribution in [0, 0.1) is 10.1 Å². The summed E-state index contributed by atoms with van der Waals surface area (Å²) in [5.74, 6) is -4.45. The molecular formula is C21H26Cl2N4O10. The molecule has 0 aliphatic heterocycles. The molecule has 0 saturated carbocycles. The number of rotatable bonds is 14. The number of non-ortho nitro benzene ring substituents is 1. The third-order valence-electron chi connectivity index (χ3n) is 4.83. The molecule has 0 fully saturated rings. The molecule has 14 nitrogen and oxygen atoms in total. The first kappa shape index (κ1) is 31.5. The molecule has 0 unspecified atom stereocenters. The summed E-state index contributed by atoms with van der Waals surface area (Å²) in [6.45, 7) is 2.02. The van der Waals surface area contributed by atoms with Gasteiger partial charge in [0.05, 0.1) is 17.4 Å². The molecule has 1 rings (SSSR count). The van der Waals surface area contributed by atoms with Crippen LogP contribution in [0.2, 0.25) is 0 Å². The maximum Gasteiger partial charge on any atom is 0.325 e. The number of carboxylic acid groups (broad SMARTS) is 1. The molecule has 5 N–H and O–H groups in total. The highest BCUT2D eigenvalue weighted by atomic mass is 35.5. The van der Waals surface area contributed by atoms with E-state index in [4.69, 9.17) is 33.0 Å². The van der Waals surface area contributed by atoms with E-state index in [1.54, 1.807) is 0 Å². The second kappa shape index (κ2) is 14.9. The molecule has 0 spiro atoms. The summed E-state index contributed by atoms with van der Waals surface area (Å²) in [6.07, 6.45) is -2.27. The van der Waals surface area contributed by atoms with Gasteiger partial charge >= 0.3 is 11.9 Å². The van der Waals surface area contributed by atoms with E-state index in [9.17, 15) is 39.2 Å². The van der Waals surface area contributed by atoms with Crippen LogP contribution >= 0.6 is 23.2 Å². The summed E-state index contributed by atoms with van der Waals surface area (Å²) in [4.78, 5) is 67.4. The average Bonchev–Trinajstić information content (AvgIpc) is 2.84. The van der Waals surface area contributed by atoms with E-state index in [0.29, 0.717) is 0 Å². The molecule has 0 aromatic heterocycles. The Bertz CT molecular complexity index is 1010. The van der Waals surface area contributed by atoms with Crippen molar-refractivity contribution in [3.63, 3.8) is 0 Å². The van der Waals surface area contributed by atoms with Crippen molar-refractivity contribution in [1.82, 2.24) is 16.0 Å². The van der Waals surface area contributed by atoms with Crippen molar-refractivity contribution >= 4 is 58.5 Å². The molecule has 0 aliphatic rings. The predicted molar refractivity (Wildman–Crippen MR) is 129 cm³/mol. The zero-order chi connectivity index (χ0) is 28.3. The molecule has 0 aliphatic carbocycles. The van der Waals surface area contributed by atoms with Gasteiger partial charge in [0.25, 0.3) is 11.6 Å². The summed E-state index contributed by atoms with van der Waals surface area (Å²) in [7, 11) is 0. The second-order valence-electron chi connectivity index (χ2n) is 7.75. The number of alkyl halides is 2. The van der Waals surface area contributed by atoms with Crippen LogP contribution in [0.15, 0.2) is 24.3 Å². The Morgan fingerprint density at radius 2 is 1.57 bits per heavy atom. The first-order chi connectivity index (χ1) is 17.2. The van der Waals surface area contributed by atoms with Crippen molar-refractivity contribution in [3.8, 4) is 0 Å². The number of carbonyl (C=O) groups is 5. The zero-order valence-electron chi connectivity index (χ0n) is 19.7. The molecule has 0 radical (unpaired) electrons. The molecule has 1 aromatic carbocycles. The van der Waals surface area contributed by atoms with E-state index in [1.165, 1.54) is 26.0 Å². The van der Waals surface area contributed by atoms with Gasteiger partial charge in [0.1, 0.15) is 24.8 Å². The number of amides is 3. The number of ether oxygens (including phenoxy) is 1. The fraction of sp³-hybridized carbons (Fsp3) is 0.476. The predicted octanol–water partition coefficient (Wildman–Crippen LogP) is 0.334. The van der Waals surface area contributed by atoms with Crippen LogP contribution in [-0.4, -0.2) is 74.4 Å². The van der Waals surface area contributed by atoms with E-state index < -0.39 is 76.7 Å². The zero-order valence-corrected chi connectivity index (χ0v) is 21.2. The van der Waals surface area contributed by atoms with Crippen molar-refractivity contribution < 1.29 is 43.8 Å². The molecule has 4 atom stereocenters. The van der Waals surface area contributed by atoms with Crippen molar-refractivity contribution in [2.24, 2.45) is 0 Å². The first-order valence-electron chi connectivity index (χ1n) is 10.7. The number of nitrogens with zero attached hydrogens (tertiary/aromatic N) is 1. The number of nitrogens with one attached hydrogen (secondary N) is 3. The van der Waals surface area contributed by atoms with E-state index in [1.807, 2.05) is 0 Å². The molecule has 16 heteroatoms. The fourth-order valence-corrected chi connectivity index (χ4v) is 2.86. The Morgan fingerprint density at radius 1 is 0.973 bits per heavy atom. The minimum atomic E-state index is -1.50. The van der Waals surface area contributed by atoms with Crippen molar-refractivity contribution in [1.29, 1.82) is 0 Å². The highest BCUT2D eigenvalue weighted by molar-refractivity contribution is 6.53. The number of nitro groups is 1. The molecule has 1 aromatic rings. The number of halogens is 2. The van der Waals surface area contributed by atoms with Crippen LogP contribution in [0.5, 0.6) is 0 Å². The maximum absolute atomic E-state index is 12.1. The summed E-state index contributed by atoms with van der Waals surface area (Å²) >= 11 is 11.0. The monoisotopic (exact) mass is 564 g/mol. The lowest BCUT2D eigenvalue weighted by molar-refractivity contribution is -0.384. The number of hydrogen-bond donors (Lipinski definition) is 5. The fourth-order valence-electron chi connectivity index (χ4n) is 2.73. The van der Waals surface area contributed by atoms with Crippen LogP contribution in [-0.2, 0) is 28.7 Å². The topological polar surface area (TPSA) is 214 Å². The SMILES string of the molecule is C[C@@H](NC(=O)[C@@H](C)NC(=O)CCC(=O)OC[C@@H](NC(=O)C(Cl)Cl)[C@H](O)c1ccc([N+](=O)[O-])cc1)C(=O)O. The van der Waals surface area contributed by atoms with E-state index in [-0.39, 0.29) is 17.7 Å². The van der Waals surface area contributed by atoms with Gasteiger partial charge in [-0.1, -0.05) is 23.2 Å². The number of hydrogen-bond acceptors (Lipinski definition) is 9. The normalized spacial score (nSPS) is 14.0. The quantitative estimate of drug-likeness (QED) is 0.0902. The molecule has 0 bridgehead atoms. The smallest absolute Gasteiger partial charge is 0.325 e. The highest BCUT2D eigenvalue weighted by Crippen LogP contribution is 2.21. The minimum Gasteiger partial charge on any atom is -0.480 e. The number of aliphatic carboxylic acids is 1. The van der Waals surface area contributed by atoms with Crippen LogP contribution < -0.4 is 16.0 Å². The van der Waals surface area contributed by atoms with Crippen molar-refractivity contribution in [3.05, 3.63) is 39.9 Å². The second-order valence-corrected chi connectivity index (χ2v) is 8.85. The Morgan fingerprint density at radius 3 is 2.08 bits per heavy atom. The summed E-state index contributed by atoms with van der Waals surface area (Å²) in [5.41, 5.74) is -0.0671. The number of benzene rings is 1. The Hall–Kier alpha value is -3.49. The van der Waals surface area contributed by atoms with Gasteiger partial charge in [0.2, 0.25) is 11.8 Å². The molecule has 37 heavy (non-hydrogen) atoms. The summed E-state index contributed by atoms with van der Waals surface area (Å²) in [6, 6.07) is 1.30. The number of aliphatic hydroxyl groups excluding tert-OH is 1. The van der Waals surface area contributed by atoms with Crippen molar-refractivity contribution in [2.75, 3.05) is 6.61 Å². The maximum atomic E-state index is 12.1. The number of carbonyl (C=O) groups excluding carboxylic acids is 4. The van der Waals surface area contributed by atoms with E-state index in [0.717, 1.165) is 12.1 Å². The largest absolute Gasteiger partial charge is 0.480 e. The van der Waals surface area contributed by atoms with E-state index in [2.05, 4.69) is 16.0 Å². The molecular weight excluding hydrogens is 539 g/mol. The Labute approximate surface area is 220 Å². The number of carboxylic acids is 1. The summed E-state index contributed by atoms with van der Waals surface area (Å²) < 4.78 is 5.04. The molecule has 0 saturated heterocycles. The average molecular weight is 565 g/mol. The van der Waals surface area contributed by atoms with Gasteiger partial charge in [0.15, 0.2) is 4.84 Å². The third kappa shape index (κ3) is 11.0. The molecule has 0 heterocycles. The number of nitro benzene ring substituents is 1. The molecule has 204 valence electrons. The lowest BCUT2D eigenvalue weighted by Crippen LogP contribution is -2.49. The van der Waals surface area contributed by atoms with Gasteiger partial charge in [0, 0.05) is 18.6 Å². The van der Waals surface area contributed by atoms with E-state index >= 15 is 0 Å². The van der Waals surface area contributed by atoms with Crippen LogP contribution in [0.3, 0.4) is 0 Å². The van der Waals surface area contributed by atoms with Crippen LogP contribution in [0.1, 0.15) is 38.4 Å². The Balaban J connectivity index is 2.68. The van der Waals surface area contributed by atoms with Gasteiger partial charge in [-0.2, -0.15) is 0 Å². The third-order valence-corrected chi connectivity index (χ3v) is 5.23. The van der Waals surface area contributed by atoms with Gasteiger partial charge < -0.3 is 30.9 Å². The lowest BCUT2D eigenvalue weighted by Gasteiger charge is -2.24. The summed E-state index contributed by atoms with van der Waals surface area (Å²) in [5, 5.41) is 37.0. The number of aliphatic hydroxyl groups is 1. The Kier molecular flexibility index (Phi) is 12.7. The van der Waals surface area contributed by atoms with Gasteiger partial charge in [-0.3, -0.25) is 34.1 Å². The lowest BCUT2D eigenvalue weighted by atomic mass is 10.0. The van der Waals surface area contributed by atoms with Crippen LogP contribution in [0.25, 0.3) is 0 Å². The van der Waals surface area contributed by atoms with Crippen LogP contribution in [0.4, 0.5) is 5.69 Å². The highest BCUT2D eigenvalue weighted by Gasteiger charge is 2.27. The van der Waals surface area contributed by atoms with Crippen molar-refractivity contribution in [2.45, 2.75) is 55.8 Å². The molecule has 3 amide bonds. The van der Waals surface area contributed by atoms with Gasteiger partial charge in [-0.05, 0) is 31.5 Å².